The Bertz CT molecular complexity index is 336. The molecule has 1 rings (SSSR count). The Kier molecular flexibility index (Phi) is 3.42. The summed E-state index contributed by atoms with van der Waals surface area (Å²) in [5, 5.41) is 11.2. The van der Waals surface area contributed by atoms with Gasteiger partial charge >= 0.3 is 6.18 Å². The molecule has 0 fully saturated rings. The van der Waals surface area contributed by atoms with E-state index < -0.39 is 18.2 Å². The zero-order valence-electron chi connectivity index (χ0n) is 8.14. The first-order valence-electron chi connectivity index (χ1n) is 4.36. The molecule has 1 unspecified atom stereocenters. The van der Waals surface area contributed by atoms with Crippen molar-refractivity contribution in [1.82, 2.24) is 0 Å². The van der Waals surface area contributed by atoms with Crippen molar-refractivity contribution in [2.24, 2.45) is 5.73 Å². The highest BCUT2D eigenvalue weighted by atomic mass is 32.1. The summed E-state index contributed by atoms with van der Waals surface area (Å²) < 4.78 is 38.2. The minimum absolute atomic E-state index is 0.0690. The van der Waals surface area contributed by atoms with Gasteiger partial charge in [-0.05, 0) is 30.5 Å². The molecule has 0 radical (unpaired) electrons. The van der Waals surface area contributed by atoms with Crippen molar-refractivity contribution >= 4 is 11.3 Å². The molecule has 6 heteroatoms. The van der Waals surface area contributed by atoms with Gasteiger partial charge in [-0.1, -0.05) is 0 Å². The van der Waals surface area contributed by atoms with Crippen LogP contribution in [0.2, 0.25) is 0 Å². The molecule has 2 nitrogen and oxygen atoms in total. The van der Waals surface area contributed by atoms with Crippen molar-refractivity contribution < 1.29 is 18.3 Å². The lowest BCUT2D eigenvalue weighted by Gasteiger charge is -2.29. The third-order valence-corrected chi connectivity index (χ3v) is 3.38. The van der Waals surface area contributed by atoms with Crippen LogP contribution in [0.5, 0.6) is 0 Å². The van der Waals surface area contributed by atoms with Crippen LogP contribution >= 0.6 is 11.3 Å². The van der Waals surface area contributed by atoms with Gasteiger partial charge < -0.3 is 10.8 Å². The van der Waals surface area contributed by atoms with Crippen LogP contribution in [0.25, 0.3) is 0 Å². The number of thiophene rings is 1. The highest BCUT2D eigenvalue weighted by Gasteiger charge is 2.55. The first-order chi connectivity index (χ1) is 6.83. The van der Waals surface area contributed by atoms with Crippen LogP contribution in [0.3, 0.4) is 0 Å². The predicted molar refractivity (Wildman–Crippen MR) is 52.7 cm³/mol. The van der Waals surface area contributed by atoms with E-state index in [9.17, 15) is 18.3 Å². The summed E-state index contributed by atoms with van der Waals surface area (Å²) in [5.74, 6) is 0. The van der Waals surface area contributed by atoms with Crippen LogP contribution < -0.4 is 5.73 Å². The minimum Gasteiger partial charge on any atom is -0.376 e. The minimum atomic E-state index is -4.69. The third-order valence-electron chi connectivity index (χ3n) is 2.21. The summed E-state index contributed by atoms with van der Waals surface area (Å²) in [6.45, 7) is 1.33. The van der Waals surface area contributed by atoms with E-state index in [1.54, 1.807) is 13.0 Å². The molecule has 0 saturated carbocycles. The fraction of sp³-hybridized carbons (Fsp3) is 0.556. The zero-order valence-corrected chi connectivity index (χ0v) is 8.95. The Morgan fingerprint density at radius 2 is 2.07 bits per heavy atom. The molecule has 1 aromatic heterocycles. The average molecular weight is 239 g/mol. The van der Waals surface area contributed by atoms with E-state index in [4.69, 9.17) is 5.73 Å². The predicted octanol–water partition coefficient (Wildman–Crippen LogP) is 2.16. The van der Waals surface area contributed by atoms with Gasteiger partial charge in [-0.3, -0.25) is 0 Å². The van der Waals surface area contributed by atoms with Gasteiger partial charge in [0, 0.05) is 11.3 Å². The summed E-state index contributed by atoms with van der Waals surface area (Å²) >= 11 is 0.898. The van der Waals surface area contributed by atoms with E-state index in [1.165, 1.54) is 5.38 Å². The monoisotopic (exact) mass is 239 g/mol. The van der Waals surface area contributed by atoms with Crippen LogP contribution in [-0.2, 0) is 5.60 Å². The van der Waals surface area contributed by atoms with Gasteiger partial charge in [-0.2, -0.15) is 13.2 Å². The standard InChI is InChI=1S/C9H12F3NOS/c1-6-2-5-15-7(6)8(14,3-4-13)9(10,11)12/h2,5,14H,3-4,13H2,1H3. The molecular formula is C9H12F3NOS. The lowest BCUT2D eigenvalue weighted by molar-refractivity contribution is -0.267. The van der Waals surface area contributed by atoms with Gasteiger partial charge in [0.1, 0.15) is 0 Å². The van der Waals surface area contributed by atoms with Crippen molar-refractivity contribution in [3.8, 4) is 0 Å². The van der Waals surface area contributed by atoms with Crippen LogP contribution in [0, 0.1) is 6.92 Å². The molecule has 1 heterocycles. The van der Waals surface area contributed by atoms with Gasteiger partial charge in [-0.25, -0.2) is 0 Å². The van der Waals surface area contributed by atoms with E-state index in [-0.39, 0.29) is 11.4 Å². The van der Waals surface area contributed by atoms with Crippen LogP contribution in [0.4, 0.5) is 13.2 Å². The Hall–Kier alpha value is -0.590. The molecule has 0 aliphatic heterocycles. The van der Waals surface area contributed by atoms with E-state index in [1.807, 2.05) is 0 Å². The van der Waals surface area contributed by atoms with Crippen LogP contribution in [-0.4, -0.2) is 17.8 Å². The van der Waals surface area contributed by atoms with E-state index in [2.05, 4.69) is 0 Å². The third kappa shape index (κ3) is 2.16. The van der Waals surface area contributed by atoms with Crippen molar-refractivity contribution in [2.75, 3.05) is 6.54 Å². The van der Waals surface area contributed by atoms with Gasteiger partial charge in [0.2, 0.25) is 0 Å². The molecule has 15 heavy (non-hydrogen) atoms. The Labute approximate surface area is 89.5 Å². The molecule has 0 aromatic carbocycles. The quantitative estimate of drug-likeness (QED) is 0.849. The van der Waals surface area contributed by atoms with Crippen LogP contribution in [0.1, 0.15) is 16.9 Å². The highest BCUT2D eigenvalue weighted by molar-refractivity contribution is 7.10. The largest absolute Gasteiger partial charge is 0.422 e. The van der Waals surface area contributed by atoms with E-state index in [0.29, 0.717) is 5.56 Å². The second-order valence-electron chi connectivity index (χ2n) is 3.33. The Balaban J connectivity index is 3.19. The molecule has 0 spiro atoms. The van der Waals surface area contributed by atoms with Crippen molar-refractivity contribution in [2.45, 2.75) is 25.1 Å². The zero-order chi connectivity index (χ0) is 11.7. The molecule has 0 aliphatic rings. The highest BCUT2D eigenvalue weighted by Crippen LogP contribution is 2.44. The average Bonchev–Trinajstić information content (AvgIpc) is 2.50. The molecule has 0 bridgehead atoms. The number of halogens is 3. The molecular weight excluding hydrogens is 227 g/mol. The van der Waals surface area contributed by atoms with Gasteiger partial charge in [0.05, 0.1) is 0 Å². The molecule has 1 aromatic rings. The number of aryl methyl sites for hydroxylation is 1. The Morgan fingerprint density at radius 1 is 1.47 bits per heavy atom. The molecule has 86 valence electrons. The maximum atomic E-state index is 12.7. The number of hydrogen-bond donors (Lipinski definition) is 2. The molecule has 1 atom stereocenters. The maximum Gasteiger partial charge on any atom is 0.422 e. The van der Waals surface area contributed by atoms with E-state index >= 15 is 0 Å². The van der Waals surface area contributed by atoms with E-state index in [0.717, 1.165) is 11.3 Å². The summed E-state index contributed by atoms with van der Waals surface area (Å²) in [6, 6.07) is 1.55. The number of rotatable bonds is 3. The topological polar surface area (TPSA) is 46.2 Å². The SMILES string of the molecule is Cc1ccsc1C(O)(CCN)C(F)(F)F. The summed E-state index contributed by atoms with van der Waals surface area (Å²) in [4.78, 5) is -0.0690. The Morgan fingerprint density at radius 3 is 2.40 bits per heavy atom. The summed E-state index contributed by atoms with van der Waals surface area (Å²) in [5.41, 5.74) is 2.74. The van der Waals surface area contributed by atoms with Gasteiger partial charge in [0.15, 0.2) is 5.60 Å². The fourth-order valence-corrected chi connectivity index (χ4v) is 2.46. The molecule has 0 saturated heterocycles. The van der Waals surface area contributed by atoms with Crippen molar-refractivity contribution in [1.29, 1.82) is 0 Å². The van der Waals surface area contributed by atoms with Crippen molar-refractivity contribution in [3.05, 3.63) is 21.9 Å². The van der Waals surface area contributed by atoms with Crippen LogP contribution in [0.15, 0.2) is 11.4 Å². The lowest BCUT2D eigenvalue weighted by atomic mass is 9.94. The summed E-state index contributed by atoms with van der Waals surface area (Å²) in [7, 11) is 0. The van der Waals surface area contributed by atoms with Gasteiger partial charge in [0.25, 0.3) is 0 Å². The van der Waals surface area contributed by atoms with Crippen molar-refractivity contribution in [3.63, 3.8) is 0 Å². The summed E-state index contributed by atoms with van der Waals surface area (Å²) in [6.07, 6.45) is -5.21. The lowest BCUT2D eigenvalue weighted by Crippen LogP contribution is -2.43. The first-order valence-corrected chi connectivity index (χ1v) is 5.24. The second-order valence-corrected chi connectivity index (χ2v) is 4.25. The number of aliphatic hydroxyl groups is 1. The molecule has 3 N–H and O–H groups in total. The first kappa shape index (κ1) is 12.5. The number of nitrogens with two attached hydrogens (primary N) is 1. The molecule has 0 aliphatic carbocycles. The number of hydrogen-bond acceptors (Lipinski definition) is 3. The smallest absolute Gasteiger partial charge is 0.376 e. The normalized spacial score (nSPS) is 16.4. The fourth-order valence-electron chi connectivity index (χ4n) is 1.39. The molecule has 0 amide bonds. The second kappa shape index (κ2) is 4.11. The maximum absolute atomic E-state index is 12.7. The van der Waals surface area contributed by atoms with Gasteiger partial charge in [-0.15, -0.1) is 11.3 Å². The number of alkyl halides is 3.